The first-order chi connectivity index (χ1) is 11.8. The minimum Gasteiger partial charge on any atom is -0.379 e. The van der Waals surface area contributed by atoms with E-state index in [2.05, 4.69) is 15.2 Å². The Morgan fingerprint density at radius 2 is 2.25 bits per heavy atom. The van der Waals surface area contributed by atoms with E-state index in [0.29, 0.717) is 12.2 Å². The number of carbonyl (C=O) groups is 1. The first-order valence-electron chi connectivity index (χ1n) is 8.39. The summed E-state index contributed by atoms with van der Waals surface area (Å²) in [5.41, 5.74) is 1.33. The topological polar surface area (TPSA) is 58.9 Å². The van der Waals surface area contributed by atoms with Crippen LogP contribution >= 0.6 is 11.8 Å². The first-order valence-corrected chi connectivity index (χ1v) is 9.55. The van der Waals surface area contributed by atoms with Gasteiger partial charge in [0, 0.05) is 43.3 Å². The normalized spacial score (nSPS) is 25.2. The highest BCUT2D eigenvalue weighted by Gasteiger charge is 2.41. The molecule has 0 radical (unpaired) electrons. The molecule has 0 saturated carbocycles. The van der Waals surface area contributed by atoms with Crippen molar-refractivity contribution in [1.82, 2.24) is 19.6 Å². The number of amides is 1. The maximum Gasteiger partial charge on any atom is 0.271 e. The lowest BCUT2D eigenvalue weighted by atomic mass is 9.95. The number of nitrogens with zero attached hydrogens (tertiary/aromatic N) is 3. The number of thioether (sulfide) groups is 1. The molecule has 6 nitrogen and oxygen atoms in total. The number of rotatable bonds is 4. The fourth-order valence-corrected chi connectivity index (χ4v) is 4.99. The molecule has 2 saturated heterocycles. The van der Waals surface area contributed by atoms with Gasteiger partial charge in [-0.05, 0) is 24.3 Å². The summed E-state index contributed by atoms with van der Waals surface area (Å²) in [4.78, 5) is 19.5. The van der Waals surface area contributed by atoms with Gasteiger partial charge in [0.2, 0.25) is 0 Å². The molecule has 4 rings (SSSR count). The summed E-state index contributed by atoms with van der Waals surface area (Å²) < 4.78 is 7.36. The Hall–Kier alpha value is -1.57. The molecule has 2 aromatic heterocycles. The molecule has 2 aromatic rings. The third-order valence-electron chi connectivity index (χ3n) is 4.94. The Morgan fingerprint density at radius 3 is 3.00 bits per heavy atom. The van der Waals surface area contributed by atoms with Crippen LogP contribution < -0.4 is 5.32 Å². The number of aromatic nitrogens is 2. The number of nitrogens with one attached hydrogen (secondary N) is 1. The van der Waals surface area contributed by atoms with Gasteiger partial charge in [0.05, 0.1) is 13.2 Å². The molecular weight excluding hydrogens is 324 g/mol. The summed E-state index contributed by atoms with van der Waals surface area (Å²) >= 11 is 1.97. The Bertz CT molecular complexity index is 687. The summed E-state index contributed by atoms with van der Waals surface area (Å²) in [6.07, 6.45) is 4.81. The second-order valence-electron chi connectivity index (χ2n) is 6.40. The van der Waals surface area contributed by atoms with E-state index >= 15 is 0 Å². The maximum absolute atomic E-state index is 12.6. The van der Waals surface area contributed by atoms with Crippen molar-refractivity contribution in [3.63, 3.8) is 0 Å². The molecule has 0 bridgehead atoms. The number of carbonyl (C=O) groups excluding carboxylic acids is 1. The molecule has 128 valence electrons. The van der Waals surface area contributed by atoms with Crippen molar-refractivity contribution in [2.75, 3.05) is 44.4 Å². The van der Waals surface area contributed by atoms with Gasteiger partial charge in [-0.3, -0.25) is 9.69 Å². The van der Waals surface area contributed by atoms with E-state index in [1.54, 1.807) is 6.20 Å². The van der Waals surface area contributed by atoms with E-state index in [1.165, 1.54) is 0 Å². The average molecular weight is 346 g/mol. The summed E-state index contributed by atoms with van der Waals surface area (Å²) in [6.45, 7) is 4.14. The van der Waals surface area contributed by atoms with Crippen LogP contribution in [0.4, 0.5) is 0 Å². The van der Waals surface area contributed by atoms with Gasteiger partial charge in [-0.1, -0.05) is 6.07 Å². The van der Waals surface area contributed by atoms with Crippen LogP contribution in [-0.4, -0.2) is 70.1 Å². The highest BCUT2D eigenvalue weighted by atomic mass is 32.2. The summed E-state index contributed by atoms with van der Waals surface area (Å²) in [6, 6.07) is 5.76. The van der Waals surface area contributed by atoms with E-state index < -0.39 is 0 Å². The van der Waals surface area contributed by atoms with Crippen LogP contribution in [0.15, 0.2) is 30.6 Å². The van der Waals surface area contributed by atoms with Crippen molar-refractivity contribution in [3.05, 3.63) is 36.3 Å². The van der Waals surface area contributed by atoms with Gasteiger partial charge in [0.1, 0.15) is 11.3 Å². The van der Waals surface area contributed by atoms with Crippen molar-refractivity contribution in [2.45, 2.75) is 12.0 Å². The lowest BCUT2D eigenvalue weighted by Gasteiger charge is -2.43. The van der Waals surface area contributed by atoms with Crippen molar-refractivity contribution in [2.24, 2.45) is 0 Å². The van der Waals surface area contributed by atoms with E-state index in [1.807, 2.05) is 40.6 Å². The number of pyridine rings is 1. The molecule has 1 N–H and O–H groups in total. The molecule has 0 aliphatic carbocycles. The highest BCUT2D eigenvalue weighted by Crippen LogP contribution is 2.33. The van der Waals surface area contributed by atoms with Crippen LogP contribution in [-0.2, 0) is 4.74 Å². The monoisotopic (exact) mass is 346 g/mol. The van der Waals surface area contributed by atoms with Gasteiger partial charge < -0.3 is 14.5 Å². The molecule has 2 aliphatic rings. The zero-order valence-corrected chi connectivity index (χ0v) is 14.4. The minimum absolute atomic E-state index is 0.0588. The van der Waals surface area contributed by atoms with Crippen LogP contribution in [0, 0.1) is 0 Å². The standard InChI is InChI=1S/C17H22N4O2S/c22-16(14-11-20-5-2-1-3-15(20)19-14)18-12-17(4-10-24-13-17)21-6-8-23-9-7-21/h1-3,5,11H,4,6-10,12-13H2,(H,18,22)/t17-/m0/s1. The van der Waals surface area contributed by atoms with Crippen LogP contribution in [0.2, 0.25) is 0 Å². The molecular formula is C17H22N4O2S. The van der Waals surface area contributed by atoms with Gasteiger partial charge in [0.15, 0.2) is 0 Å². The lowest BCUT2D eigenvalue weighted by molar-refractivity contribution is -0.0129. The Balaban J connectivity index is 1.46. The largest absolute Gasteiger partial charge is 0.379 e. The zero-order chi connectivity index (χ0) is 16.4. The zero-order valence-electron chi connectivity index (χ0n) is 13.6. The molecule has 0 aromatic carbocycles. The maximum atomic E-state index is 12.6. The molecule has 1 atom stereocenters. The quantitative estimate of drug-likeness (QED) is 0.904. The SMILES string of the molecule is O=C(NC[C@@]1(N2CCOCC2)CCSC1)c1cn2ccccc2n1. The Morgan fingerprint density at radius 1 is 1.38 bits per heavy atom. The number of fused-ring (bicyclic) bond motifs is 1. The number of hydrogen-bond acceptors (Lipinski definition) is 5. The second-order valence-corrected chi connectivity index (χ2v) is 7.51. The number of imidazole rings is 1. The van der Waals surface area contributed by atoms with Crippen LogP contribution in [0.3, 0.4) is 0 Å². The Labute approximate surface area is 145 Å². The van der Waals surface area contributed by atoms with Crippen molar-refractivity contribution < 1.29 is 9.53 Å². The number of ether oxygens (including phenoxy) is 1. The predicted molar refractivity (Wildman–Crippen MR) is 94.6 cm³/mol. The molecule has 24 heavy (non-hydrogen) atoms. The van der Waals surface area contributed by atoms with Crippen LogP contribution in [0.25, 0.3) is 5.65 Å². The van der Waals surface area contributed by atoms with Gasteiger partial charge in [-0.2, -0.15) is 11.8 Å². The fraction of sp³-hybridized carbons (Fsp3) is 0.529. The van der Waals surface area contributed by atoms with Crippen molar-refractivity contribution in [1.29, 1.82) is 0 Å². The second kappa shape index (κ2) is 6.74. The number of hydrogen-bond donors (Lipinski definition) is 1. The lowest BCUT2D eigenvalue weighted by Crippen LogP contribution is -2.59. The smallest absolute Gasteiger partial charge is 0.271 e. The van der Waals surface area contributed by atoms with Gasteiger partial charge in [-0.25, -0.2) is 4.98 Å². The molecule has 2 aliphatic heterocycles. The van der Waals surface area contributed by atoms with E-state index in [-0.39, 0.29) is 11.4 Å². The highest BCUT2D eigenvalue weighted by molar-refractivity contribution is 7.99. The van der Waals surface area contributed by atoms with Gasteiger partial charge in [-0.15, -0.1) is 0 Å². The van der Waals surface area contributed by atoms with E-state index in [4.69, 9.17) is 4.74 Å². The molecule has 4 heterocycles. The molecule has 0 unspecified atom stereocenters. The van der Waals surface area contributed by atoms with Crippen LogP contribution in [0.5, 0.6) is 0 Å². The molecule has 2 fully saturated rings. The first kappa shape index (κ1) is 15.9. The molecule has 1 amide bonds. The van der Waals surface area contributed by atoms with E-state index in [0.717, 1.165) is 49.9 Å². The molecule has 7 heteroatoms. The number of morpholine rings is 1. The minimum atomic E-state index is -0.0942. The Kier molecular flexibility index (Phi) is 4.47. The summed E-state index contributed by atoms with van der Waals surface area (Å²) in [5, 5.41) is 3.13. The van der Waals surface area contributed by atoms with E-state index in [9.17, 15) is 4.79 Å². The van der Waals surface area contributed by atoms with Gasteiger partial charge >= 0.3 is 0 Å². The summed E-state index contributed by atoms with van der Waals surface area (Å²) in [7, 11) is 0. The molecule has 0 spiro atoms. The third kappa shape index (κ3) is 3.03. The van der Waals surface area contributed by atoms with Crippen LogP contribution in [0.1, 0.15) is 16.9 Å². The predicted octanol–water partition coefficient (Wildman–Crippen LogP) is 1.27. The van der Waals surface area contributed by atoms with Crippen molar-refractivity contribution in [3.8, 4) is 0 Å². The van der Waals surface area contributed by atoms with Crippen molar-refractivity contribution >= 4 is 23.3 Å². The average Bonchev–Trinajstić information content (AvgIpc) is 3.28. The third-order valence-corrected chi connectivity index (χ3v) is 6.17. The fourth-order valence-electron chi connectivity index (χ4n) is 3.51. The van der Waals surface area contributed by atoms with Gasteiger partial charge in [0.25, 0.3) is 5.91 Å². The summed E-state index contributed by atoms with van der Waals surface area (Å²) in [5.74, 6) is 2.13.